The Morgan fingerprint density at radius 2 is 1.68 bits per heavy atom. The number of rotatable bonds is 8. The molecule has 3 aromatic carbocycles. The molecule has 1 unspecified atom stereocenters. The predicted molar refractivity (Wildman–Crippen MR) is 155 cm³/mol. The summed E-state index contributed by atoms with van der Waals surface area (Å²) in [5.74, 6) is -0.549. The number of nitrogens with zero attached hydrogens (tertiary/aromatic N) is 2. The molecule has 1 aromatic heterocycles. The van der Waals surface area contributed by atoms with Crippen molar-refractivity contribution in [1.82, 2.24) is 9.88 Å². The number of amides is 1. The van der Waals surface area contributed by atoms with E-state index in [0.717, 1.165) is 27.8 Å². The summed E-state index contributed by atoms with van der Waals surface area (Å²) in [6, 6.07) is 25.9. The van der Waals surface area contributed by atoms with Crippen LogP contribution in [0.3, 0.4) is 0 Å². The Morgan fingerprint density at radius 3 is 2.33 bits per heavy atom. The average molecular weight is 533 g/mol. The lowest BCUT2D eigenvalue weighted by Crippen LogP contribution is -2.29. The van der Waals surface area contributed by atoms with Crippen LogP contribution in [0.2, 0.25) is 0 Å². The SMILES string of the molecule is Cc1cc(/C(O)=C2/C(=O)C(=O)N(Cc3cccnc3)C2c2ccc(C(C)C)cc2)ccc1OCc1ccccc1. The lowest BCUT2D eigenvalue weighted by atomic mass is 9.93. The number of ketones is 1. The van der Waals surface area contributed by atoms with Crippen molar-refractivity contribution in [3.63, 3.8) is 0 Å². The lowest BCUT2D eigenvalue weighted by Gasteiger charge is -2.25. The highest BCUT2D eigenvalue weighted by molar-refractivity contribution is 6.46. The molecular formula is C34H32N2O4. The molecule has 1 saturated heterocycles. The number of Topliss-reactive ketones (excluding diaryl/α,β-unsaturated/α-hetero) is 1. The highest BCUT2D eigenvalue weighted by Crippen LogP contribution is 2.41. The van der Waals surface area contributed by atoms with Gasteiger partial charge in [-0.05, 0) is 64.9 Å². The number of carbonyl (C=O) groups is 2. The number of aryl methyl sites for hydroxylation is 1. The molecule has 1 fully saturated rings. The lowest BCUT2D eigenvalue weighted by molar-refractivity contribution is -0.140. The van der Waals surface area contributed by atoms with Crippen LogP contribution in [0.1, 0.15) is 59.2 Å². The fourth-order valence-corrected chi connectivity index (χ4v) is 4.99. The van der Waals surface area contributed by atoms with E-state index < -0.39 is 17.7 Å². The van der Waals surface area contributed by atoms with Gasteiger partial charge in [0.1, 0.15) is 18.1 Å². The van der Waals surface area contributed by atoms with Crippen LogP contribution in [0, 0.1) is 6.92 Å². The van der Waals surface area contributed by atoms with Crippen molar-refractivity contribution in [2.45, 2.75) is 45.9 Å². The van der Waals surface area contributed by atoms with Gasteiger partial charge in [0.15, 0.2) is 0 Å². The zero-order valence-electron chi connectivity index (χ0n) is 22.9. The minimum absolute atomic E-state index is 0.0727. The molecule has 6 heteroatoms. The maximum atomic E-state index is 13.4. The van der Waals surface area contributed by atoms with Crippen molar-refractivity contribution in [2.24, 2.45) is 0 Å². The summed E-state index contributed by atoms with van der Waals surface area (Å²) < 4.78 is 5.99. The van der Waals surface area contributed by atoms with Gasteiger partial charge in [0.05, 0.1) is 11.6 Å². The fraction of sp³-hybridized carbons (Fsp3) is 0.206. The molecule has 0 spiro atoms. The smallest absolute Gasteiger partial charge is 0.295 e. The molecule has 1 aliphatic heterocycles. The van der Waals surface area contributed by atoms with Gasteiger partial charge < -0.3 is 14.7 Å². The van der Waals surface area contributed by atoms with Crippen molar-refractivity contribution in [3.05, 3.63) is 136 Å². The first-order valence-corrected chi connectivity index (χ1v) is 13.4. The van der Waals surface area contributed by atoms with E-state index in [0.29, 0.717) is 23.8 Å². The van der Waals surface area contributed by atoms with Crippen LogP contribution in [0.25, 0.3) is 5.76 Å². The molecule has 0 radical (unpaired) electrons. The van der Waals surface area contributed by atoms with E-state index in [9.17, 15) is 14.7 Å². The average Bonchev–Trinajstić information content (AvgIpc) is 3.22. The highest BCUT2D eigenvalue weighted by Gasteiger charge is 2.46. The number of pyridine rings is 1. The van der Waals surface area contributed by atoms with E-state index >= 15 is 0 Å². The van der Waals surface area contributed by atoms with Gasteiger partial charge in [-0.1, -0.05) is 74.5 Å². The van der Waals surface area contributed by atoms with Crippen molar-refractivity contribution >= 4 is 17.4 Å². The van der Waals surface area contributed by atoms with E-state index in [-0.39, 0.29) is 17.9 Å². The number of aromatic nitrogens is 1. The summed E-state index contributed by atoms with van der Waals surface area (Å²) in [7, 11) is 0. The first-order chi connectivity index (χ1) is 19.3. The second-order valence-corrected chi connectivity index (χ2v) is 10.4. The van der Waals surface area contributed by atoms with Crippen molar-refractivity contribution in [1.29, 1.82) is 0 Å². The number of carbonyl (C=O) groups excluding carboxylic acids is 2. The Balaban J connectivity index is 1.52. The number of hydrogen-bond acceptors (Lipinski definition) is 5. The van der Waals surface area contributed by atoms with E-state index in [1.54, 1.807) is 36.7 Å². The standard InChI is InChI=1S/C34H32N2O4/c1-22(2)26-11-13-27(14-12-26)31-30(33(38)34(39)36(31)20-25-10-7-17-35-19-25)32(37)28-15-16-29(23(3)18-28)40-21-24-8-5-4-6-9-24/h4-19,22,31,37H,20-21H2,1-3H3/b32-30-. The normalized spacial score (nSPS) is 16.5. The molecule has 4 aromatic rings. The van der Waals surface area contributed by atoms with Gasteiger partial charge in [0.25, 0.3) is 11.7 Å². The van der Waals surface area contributed by atoms with E-state index in [4.69, 9.17) is 4.74 Å². The largest absolute Gasteiger partial charge is 0.507 e. The Bertz CT molecular complexity index is 1540. The van der Waals surface area contributed by atoms with E-state index in [1.165, 1.54) is 4.90 Å². The number of aliphatic hydroxyl groups excluding tert-OH is 1. The molecule has 1 atom stereocenters. The summed E-state index contributed by atoms with van der Waals surface area (Å²) in [5, 5.41) is 11.5. The van der Waals surface area contributed by atoms with Crippen LogP contribution >= 0.6 is 0 Å². The second-order valence-electron chi connectivity index (χ2n) is 10.4. The maximum absolute atomic E-state index is 13.4. The third-order valence-electron chi connectivity index (χ3n) is 7.22. The molecule has 2 heterocycles. The predicted octanol–water partition coefficient (Wildman–Crippen LogP) is 6.71. The molecule has 1 N–H and O–H groups in total. The van der Waals surface area contributed by atoms with Crippen molar-refractivity contribution in [2.75, 3.05) is 0 Å². The van der Waals surface area contributed by atoms with Crippen molar-refractivity contribution < 1.29 is 19.4 Å². The maximum Gasteiger partial charge on any atom is 0.295 e. The van der Waals surface area contributed by atoms with Gasteiger partial charge in [0.2, 0.25) is 0 Å². The third kappa shape index (κ3) is 5.52. The number of likely N-dealkylation sites (tertiary alicyclic amines) is 1. The van der Waals surface area contributed by atoms with Crippen LogP contribution in [-0.4, -0.2) is 26.7 Å². The Kier molecular flexibility index (Phi) is 7.78. The number of benzene rings is 3. The summed E-state index contributed by atoms with van der Waals surface area (Å²) in [5.41, 5.74) is 5.08. The minimum atomic E-state index is -0.740. The highest BCUT2D eigenvalue weighted by atomic mass is 16.5. The summed E-state index contributed by atoms with van der Waals surface area (Å²) in [4.78, 5) is 32.5. The van der Waals surface area contributed by atoms with Crippen LogP contribution in [0.5, 0.6) is 5.75 Å². The summed E-state index contributed by atoms with van der Waals surface area (Å²) in [6.07, 6.45) is 3.34. The molecule has 1 amide bonds. The van der Waals surface area contributed by atoms with E-state index in [1.807, 2.05) is 67.6 Å². The monoisotopic (exact) mass is 532 g/mol. The van der Waals surface area contributed by atoms with Gasteiger partial charge in [-0.2, -0.15) is 0 Å². The Labute approximate surface area is 234 Å². The first-order valence-electron chi connectivity index (χ1n) is 13.4. The number of ether oxygens (including phenoxy) is 1. The molecule has 1 aliphatic rings. The molecule has 0 aliphatic carbocycles. The molecule has 0 saturated carbocycles. The zero-order chi connectivity index (χ0) is 28.2. The summed E-state index contributed by atoms with van der Waals surface area (Å²) in [6.45, 7) is 6.72. The third-order valence-corrected chi connectivity index (χ3v) is 7.22. The molecule has 5 rings (SSSR count). The molecule has 202 valence electrons. The molecule has 40 heavy (non-hydrogen) atoms. The summed E-state index contributed by atoms with van der Waals surface area (Å²) >= 11 is 0. The van der Waals surface area contributed by atoms with Gasteiger partial charge in [-0.25, -0.2) is 0 Å². The number of hydrogen-bond donors (Lipinski definition) is 1. The van der Waals surface area contributed by atoms with Gasteiger partial charge in [-0.3, -0.25) is 14.6 Å². The van der Waals surface area contributed by atoms with Gasteiger partial charge in [0, 0.05) is 24.5 Å². The van der Waals surface area contributed by atoms with E-state index in [2.05, 4.69) is 18.8 Å². The minimum Gasteiger partial charge on any atom is -0.507 e. The first kappa shape index (κ1) is 26.9. The van der Waals surface area contributed by atoms with Gasteiger partial charge >= 0.3 is 0 Å². The van der Waals surface area contributed by atoms with Crippen LogP contribution in [0.15, 0.2) is 103 Å². The van der Waals surface area contributed by atoms with Crippen LogP contribution in [0.4, 0.5) is 0 Å². The quantitative estimate of drug-likeness (QED) is 0.155. The topological polar surface area (TPSA) is 79.7 Å². The fourth-order valence-electron chi connectivity index (χ4n) is 4.99. The Morgan fingerprint density at radius 1 is 0.950 bits per heavy atom. The zero-order valence-corrected chi connectivity index (χ0v) is 22.9. The molecular weight excluding hydrogens is 500 g/mol. The number of aliphatic hydroxyl groups is 1. The van der Waals surface area contributed by atoms with Crippen LogP contribution in [-0.2, 0) is 22.7 Å². The van der Waals surface area contributed by atoms with Gasteiger partial charge in [-0.15, -0.1) is 0 Å². The van der Waals surface area contributed by atoms with Crippen molar-refractivity contribution in [3.8, 4) is 5.75 Å². The molecule has 0 bridgehead atoms. The van der Waals surface area contributed by atoms with Crippen LogP contribution < -0.4 is 4.74 Å². The molecule has 6 nitrogen and oxygen atoms in total. The second kappa shape index (κ2) is 11.6. The Hall–Kier alpha value is -4.71.